The average Bonchev–Trinajstić information content (AvgIpc) is 3.19. The second kappa shape index (κ2) is 8.58. The monoisotopic (exact) mass is 384 g/mol. The Labute approximate surface area is 157 Å². The maximum absolute atomic E-state index is 12.7. The number of hydrogen-bond donors (Lipinski definition) is 4. The lowest BCUT2D eigenvalue weighted by atomic mass is 9.82. The number of rotatable bonds is 4. The highest BCUT2D eigenvalue weighted by molar-refractivity contribution is 8.00. The van der Waals surface area contributed by atoms with Gasteiger partial charge in [0.1, 0.15) is 0 Å². The molecular formula is C17H28N4O4S. The second-order valence-corrected chi connectivity index (χ2v) is 8.43. The molecule has 6 atom stereocenters. The summed E-state index contributed by atoms with van der Waals surface area (Å²) < 4.78 is 4.75. The Morgan fingerprint density at radius 3 is 2.65 bits per heavy atom. The summed E-state index contributed by atoms with van der Waals surface area (Å²) in [4.78, 5) is 36.5. The molecule has 0 radical (unpaired) electrons. The lowest BCUT2D eigenvalue weighted by Crippen LogP contribution is -2.48. The maximum atomic E-state index is 12.7. The van der Waals surface area contributed by atoms with Gasteiger partial charge in [-0.05, 0) is 45.3 Å². The first-order valence-electron chi connectivity index (χ1n) is 9.39. The van der Waals surface area contributed by atoms with Crippen LogP contribution < -0.4 is 21.3 Å². The fraction of sp³-hybridized carbons (Fsp3) is 0.824. The van der Waals surface area contributed by atoms with E-state index in [2.05, 4.69) is 28.2 Å². The lowest BCUT2D eigenvalue weighted by molar-refractivity contribution is -0.128. The van der Waals surface area contributed by atoms with Gasteiger partial charge in [-0.3, -0.25) is 25.5 Å². The summed E-state index contributed by atoms with van der Waals surface area (Å²) in [5, 5.41) is 12.0. The van der Waals surface area contributed by atoms with Crippen LogP contribution in [0.15, 0.2) is 0 Å². The summed E-state index contributed by atoms with van der Waals surface area (Å²) in [5.74, 6) is -0.0256. The molecule has 146 valence electrons. The minimum absolute atomic E-state index is 0.0122. The van der Waals surface area contributed by atoms with Gasteiger partial charge in [0.15, 0.2) is 0 Å². The normalized spacial score (nSPS) is 36.2. The van der Waals surface area contributed by atoms with E-state index in [9.17, 15) is 14.4 Å². The second-order valence-electron chi connectivity index (χ2n) is 7.18. The highest BCUT2D eigenvalue weighted by atomic mass is 32.2. The van der Waals surface area contributed by atoms with Crippen molar-refractivity contribution in [1.29, 1.82) is 0 Å². The lowest BCUT2D eigenvalue weighted by Gasteiger charge is -2.31. The van der Waals surface area contributed by atoms with E-state index < -0.39 is 12.0 Å². The predicted molar refractivity (Wildman–Crippen MR) is 98.3 cm³/mol. The zero-order valence-electron chi connectivity index (χ0n) is 15.2. The molecule has 2 heterocycles. The van der Waals surface area contributed by atoms with Crippen LogP contribution in [0.1, 0.15) is 39.5 Å². The largest absolute Gasteiger partial charge is 0.450 e. The number of amides is 3. The predicted octanol–water partition coefficient (Wildman–Crippen LogP) is 0.531. The summed E-state index contributed by atoms with van der Waals surface area (Å²) in [6.45, 7) is 3.99. The average molecular weight is 385 g/mol. The van der Waals surface area contributed by atoms with Crippen LogP contribution in [-0.2, 0) is 14.3 Å². The van der Waals surface area contributed by atoms with Crippen LogP contribution >= 0.6 is 11.8 Å². The molecule has 3 aliphatic rings. The van der Waals surface area contributed by atoms with E-state index in [1.54, 1.807) is 18.7 Å². The standard InChI is InChI=1S/C17H28N4O4S/c1-3-25-17(24)21-15(23)11-6-7-26-16(11)20-14(22)10-4-5-12-13(8-10)19-9(2)18-12/h9-13,16,18-19H,3-8H2,1-2H3,(H,20,22)(H,21,23,24). The number of fused-ring (bicyclic) bond motifs is 1. The van der Waals surface area contributed by atoms with Gasteiger partial charge in [-0.25, -0.2) is 4.79 Å². The highest BCUT2D eigenvalue weighted by Crippen LogP contribution is 2.33. The van der Waals surface area contributed by atoms with Gasteiger partial charge in [0, 0.05) is 18.0 Å². The van der Waals surface area contributed by atoms with Gasteiger partial charge in [0.2, 0.25) is 11.8 Å². The number of nitrogens with one attached hydrogen (secondary N) is 4. The van der Waals surface area contributed by atoms with Gasteiger partial charge in [-0.2, -0.15) is 0 Å². The van der Waals surface area contributed by atoms with Crippen molar-refractivity contribution in [2.75, 3.05) is 12.4 Å². The molecule has 3 fully saturated rings. The van der Waals surface area contributed by atoms with E-state index in [-0.39, 0.29) is 35.9 Å². The van der Waals surface area contributed by atoms with E-state index in [0.29, 0.717) is 18.5 Å². The molecular weight excluding hydrogens is 356 g/mol. The number of thioether (sulfide) groups is 1. The van der Waals surface area contributed by atoms with E-state index >= 15 is 0 Å². The van der Waals surface area contributed by atoms with Gasteiger partial charge in [0.05, 0.1) is 24.1 Å². The molecule has 4 N–H and O–H groups in total. The molecule has 3 amide bonds. The van der Waals surface area contributed by atoms with Crippen LogP contribution in [0, 0.1) is 11.8 Å². The van der Waals surface area contributed by atoms with Crippen molar-refractivity contribution in [3.05, 3.63) is 0 Å². The van der Waals surface area contributed by atoms with Crippen LogP contribution in [0.3, 0.4) is 0 Å². The van der Waals surface area contributed by atoms with Crippen molar-refractivity contribution in [3.8, 4) is 0 Å². The molecule has 0 aromatic rings. The Morgan fingerprint density at radius 2 is 1.88 bits per heavy atom. The van der Waals surface area contributed by atoms with Crippen molar-refractivity contribution in [1.82, 2.24) is 21.3 Å². The highest BCUT2D eigenvalue weighted by Gasteiger charge is 2.41. The molecule has 3 rings (SSSR count). The third-order valence-electron chi connectivity index (χ3n) is 5.36. The Hall–Kier alpha value is -1.32. The Kier molecular flexibility index (Phi) is 6.42. The molecule has 0 aromatic heterocycles. The number of carbonyl (C=O) groups is 3. The molecule has 26 heavy (non-hydrogen) atoms. The minimum atomic E-state index is -0.730. The summed E-state index contributed by atoms with van der Waals surface area (Å²) in [5.41, 5.74) is 0. The first kappa shape index (κ1) is 19.4. The summed E-state index contributed by atoms with van der Waals surface area (Å²) in [6, 6.07) is 0.770. The SMILES string of the molecule is CCOC(=O)NC(=O)C1CCSC1NC(=O)C1CCC2NC(C)NC2C1. The quantitative estimate of drug-likeness (QED) is 0.560. The van der Waals surface area contributed by atoms with E-state index in [1.807, 2.05) is 0 Å². The zero-order chi connectivity index (χ0) is 18.7. The molecule has 6 unspecified atom stereocenters. The van der Waals surface area contributed by atoms with Crippen LogP contribution in [0.4, 0.5) is 4.79 Å². The van der Waals surface area contributed by atoms with Crippen LogP contribution in [0.2, 0.25) is 0 Å². The van der Waals surface area contributed by atoms with E-state index in [0.717, 1.165) is 25.0 Å². The first-order valence-corrected chi connectivity index (χ1v) is 10.4. The van der Waals surface area contributed by atoms with Crippen LogP contribution in [0.5, 0.6) is 0 Å². The fourth-order valence-corrected chi connectivity index (χ4v) is 5.44. The van der Waals surface area contributed by atoms with Gasteiger partial charge in [0.25, 0.3) is 0 Å². The van der Waals surface area contributed by atoms with Gasteiger partial charge in [-0.15, -0.1) is 11.8 Å². The summed E-state index contributed by atoms with van der Waals surface area (Å²) in [7, 11) is 0. The molecule has 2 saturated heterocycles. The summed E-state index contributed by atoms with van der Waals surface area (Å²) >= 11 is 1.56. The Balaban J connectivity index is 1.51. The molecule has 1 aliphatic carbocycles. The third-order valence-corrected chi connectivity index (χ3v) is 6.64. The molecule has 1 saturated carbocycles. The van der Waals surface area contributed by atoms with Crippen molar-refractivity contribution in [3.63, 3.8) is 0 Å². The minimum Gasteiger partial charge on any atom is -0.450 e. The van der Waals surface area contributed by atoms with Crippen molar-refractivity contribution in [2.45, 2.75) is 63.2 Å². The van der Waals surface area contributed by atoms with Gasteiger partial charge in [-0.1, -0.05) is 0 Å². The summed E-state index contributed by atoms with van der Waals surface area (Å²) in [6.07, 6.45) is 2.83. The molecule has 2 aliphatic heterocycles. The topological polar surface area (TPSA) is 109 Å². The molecule has 0 bridgehead atoms. The first-order chi connectivity index (χ1) is 12.5. The van der Waals surface area contributed by atoms with Crippen LogP contribution in [-0.4, -0.2) is 53.9 Å². The number of hydrogen-bond acceptors (Lipinski definition) is 7. The smallest absolute Gasteiger partial charge is 0.413 e. The van der Waals surface area contributed by atoms with E-state index in [1.165, 1.54) is 0 Å². The molecule has 8 nitrogen and oxygen atoms in total. The third kappa shape index (κ3) is 4.50. The van der Waals surface area contributed by atoms with Crippen molar-refractivity contribution < 1.29 is 19.1 Å². The Bertz CT molecular complexity index is 561. The number of carbonyl (C=O) groups excluding carboxylic acids is 3. The maximum Gasteiger partial charge on any atom is 0.413 e. The van der Waals surface area contributed by atoms with E-state index in [4.69, 9.17) is 4.74 Å². The van der Waals surface area contributed by atoms with Crippen LogP contribution in [0.25, 0.3) is 0 Å². The zero-order valence-corrected chi connectivity index (χ0v) is 16.1. The van der Waals surface area contributed by atoms with Gasteiger partial charge < -0.3 is 10.1 Å². The number of imide groups is 1. The Morgan fingerprint density at radius 1 is 1.12 bits per heavy atom. The molecule has 9 heteroatoms. The number of ether oxygens (including phenoxy) is 1. The van der Waals surface area contributed by atoms with Crippen molar-refractivity contribution >= 4 is 29.7 Å². The molecule has 0 spiro atoms. The molecule has 0 aromatic carbocycles. The van der Waals surface area contributed by atoms with Gasteiger partial charge >= 0.3 is 6.09 Å². The fourth-order valence-electron chi connectivity index (χ4n) is 4.10. The van der Waals surface area contributed by atoms with Crippen molar-refractivity contribution in [2.24, 2.45) is 11.8 Å². The number of alkyl carbamates (subject to hydrolysis) is 1.